The molecule has 2 rings (SSSR count). The summed E-state index contributed by atoms with van der Waals surface area (Å²) >= 11 is 0. The first-order valence-corrected chi connectivity index (χ1v) is 6.32. The van der Waals surface area contributed by atoms with Gasteiger partial charge < -0.3 is 5.32 Å². The highest BCUT2D eigenvalue weighted by Crippen LogP contribution is 2.36. The number of hydrogen-bond acceptors (Lipinski definition) is 1. The number of hydrogen-bond donors (Lipinski definition) is 1. The normalized spacial score (nSPS) is 24.7. The van der Waals surface area contributed by atoms with E-state index in [0.29, 0.717) is 11.6 Å². The van der Waals surface area contributed by atoms with Crippen LogP contribution in [0.25, 0.3) is 0 Å². The van der Waals surface area contributed by atoms with Crippen LogP contribution in [-0.4, -0.2) is 6.04 Å². The zero-order chi connectivity index (χ0) is 12.4. The smallest absolute Gasteiger partial charge is 0.126 e. The van der Waals surface area contributed by atoms with Gasteiger partial charge in [0.05, 0.1) is 0 Å². The molecule has 1 N–H and O–H groups in total. The fourth-order valence-corrected chi connectivity index (χ4v) is 2.38. The number of nitrogens with one attached hydrogen (secondary N) is 1. The Balaban J connectivity index is 1.93. The van der Waals surface area contributed by atoms with Crippen molar-refractivity contribution in [2.45, 2.75) is 45.2 Å². The van der Waals surface area contributed by atoms with Gasteiger partial charge in [0.1, 0.15) is 11.6 Å². The van der Waals surface area contributed by atoms with Gasteiger partial charge in [-0.3, -0.25) is 0 Å². The van der Waals surface area contributed by atoms with E-state index in [4.69, 9.17) is 0 Å². The van der Waals surface area contributed by atoms with Gasteiger partial charge in [-0.15, -0.1) is 0 Å². The van der Waals surface area contributed by atoms with Crippen molar-refractivity contribution in [2.24, 2.45) is 5.92 Å². The maximum Gasteiger partial charge on any atom is 0.126 e. The molecule has 0 amide bonds. The van der Waals surface area contributed by atoms with Crippen molar-refractivity contribution >= 4 is 0 Å². The molecule has 0 bridgehead atoms. The lowest BCUT2D eigenvalue weighted by Crippen LogP contribution is -2.22. The van der Waals surface area contributed by atoms with Gasteiger partial charge in [-0.2, -0.15) is 0 Å². The van der Waals surface area contributed by atoms with Crippen LogP contribution >= 0.6 is 0 Å². The molecule has 3 unspecified atom stereocenters. The van der Waals surface area contributed by atoms with Gasteiger partial charge in [0, 0.05) is 18.2 Å². The van der Waals surface area contributed by atoms with Crippen LogP contribution in [0.2, 0.25) is 0 Å². The summed E-state index contributed by atoms with van der Waals surface area (Å²) in [4.78, 5) is 0. The highest BCUT2D eigenvalue weighted by Gasteiger charge is 2.36. The van der Waals surface area contributed by atoms with Gasteiger partial charge in [0.2, 0.25) is 0 Å². The molecule has 94 valence electrons. The van der Waals surface area contributed by atoms with Gasteiger partial charge in [0.15, 0.2) is 0 Å². The molecule has 0 aromatic heterocycles. The van der Waals surface area contributed by atoms with Gasteiger partial charge in [-0.05, 0) is 43.4 Å². The second kappa shape index (κ2) is 5.13. The fourth-order valence-electron chi connectivity index (χ4n) is 2.38. The maximum atomic E-state index is 13.1. The second-order valence-electron chi connectivity index (χ2n) is 4.98. The molecule has 1 fully saturated rings. The van der Waals surface area contributed by atoms with Crippen LogP contribution in [0, 0.1) is 17.6 Å². The average molecular weight is 239 g/mol. The van der Waals surface area contributed by atoms with Crippen LogP contribution in [0.1, 0.15) is 44.7 Å². The van der Waals surface area contributed by atoms with E-state index in [-0.39, 0.29) is 6.04 Å². The van der Waals surface area contributed by atoms with Crippen LogP contribution in [0.5, 0.6) is 0 Å². The minimum absolute atomic E-state index is 0.00653. The standard InChI is InChI=1S/C14H19F2N/c1-3-4-10-7-14(10)17-9(2)11-5-12(15)8-13(16)6-11/h5-6,8-10,14,17H,3-4,7H2,1-2H3. The van der Waals surface area contributed by atoms with Crippen molar-refractivity contribution in [3.63, 3.8) is 0 Å². The molecule has 1 nitrogen and oxygen atoms in total. The summed E-state index contributed by atoms with van der Waals surface area (Å²) in [5, 5.41) is 3.43. The van der Waals surface area contributed by atoms with Crippen LogP contribution in [0.4, 0.5) is 8.78 Å². The first kappa shape index (κ1) is 12.5. The molecular formula is C14H19F2N. The molecule has 0 heterocycles. The monoisotopic (exact) mass is 239 g/mol. The minimum atomic E-state index is -0.505. The third-order valence-corrected chi connectivity index (χ3v) is 3.43. The molecule has 1 aromatic rings. The Hall–Kier alpha value is -0.960. The molecule has 0 aliphatic heterocycles. The Morgan fingerprint density at radius 3 is 2.53 bits per heavy atom. The van der Waals surface area contributed by atoms with Crippen molar-refractivity contribution in [3.05, 3.63) is 35.4 Å². The molecule has 3 atom stereocenters. The third-order valence-electron chi connectivity index (χ3n) is 3.43. The molecule has 0 saturated heterocycles. The molecule has 1 aromatic carbocycles. The van der Waals surface area contributed by atoms with E-state index < -0.39 is 11.6 Å². The van der Waals surface area contributed by atoms with Gasteiger partial charge in [-0.25, -0.2) is 8.78 Å². The predicted octanol–water partition coefficient (Wildman–Crippen LogP) is 3.80. The summed E-state index contributed by atoms with van der Waals surface area (Å²) in [5.74, 6) is -0.259. The van der Waals surface area contributed by atoms with Crippen molar-refractivity contribution in [1.29, 1.82) is 0 Å². The van der Waals surface area contributed by atoms with Crippen molar-refractivity contribution < 1.29 is 8.78 Å². The Labute approximate surface area is 101 Å². The maximum absolute atomic E-state index is 13.1. The quantitative estimate of drug-likeness (QED) is 0.824. The topological polar surface area (TPSA) is 12.0 Å². The predicted molar refractivity (Wildman–Crippen MR) is 64.7 cm³/mol. The van der Waals surface area contributed by atoms with E-state index in [1.807, 2.05) is 6.92 Å². The molecule has 0 spiro atoms. The van der Waals surface area contributed by atoms with Crippen LogP contribution in [0.3, 0.4) is 0 Å². The van der Waals surface area contributed by atoms with E-state index in [2.05, 4.69) is 12.2 Å². The summed E-state index contributed by atoms with van der Waals surface area (Å²) in [6.45, 7) is 4.14. The molecule has 1 aliphatic rings. The highest BCUT2D eigenvalue weighted by atomic mass is 19.1. The Bertz CT molecular complexity index is 372. The van der Waals surface area contributed by atoms with E-state index in [0.717, 1.165) is 12.0 Å². The van der Waals surface area contributed by atoms with Gasteiger partial charge in [-0.1, -0.05) is 13.3 Å². The number of halogens is 2. The number of rotatable bonds is 5. The van der Waals surface area contributed by atoms with E-state index >= 15 is 0 Å². The lowest BCUT2D eigenvalue weighted by molar-refractivity contribution is 0.518. The zero-order valence-electron chi connectivity index (χ0n) is 10.3. The summed E-state index contributed by atoms with van der Waals surface area (Å²) in [6, 6.07) is 4.24. The number of benzene rings is 1. The first-order valence-electron chi connectivity index (χ1n) is 6.32. The largest absolute Gasteiger partial charge is 0.307 e. The molecule has 1 aliphatic carbocycles. The van der Waals surface area contributed by atoms with E-state index in [9.17, 15) is 8.78 Å². The summed E-state index contributed by atoms with van der Waals surface area (Å²) in [5.41, 5.74) is 0.685. The van der Waals surface area contributed by atoms with Crippen molar-refractivity contribution in [2.75, 3.05) is 0 Å². The molecule has 0 radical (unpaired) electrons. The first-order chi connectivity index (χ1) is 8.10. The second-order valence-corrected chi connectivity index (χ2v) is 4.98. The minimum Gasteiger partial charge on any atom is -0.307 e. The van der Waals surface area contributed by atoms with Crippen molar-refractivity contribution in [3.8, 4) is 0 Å². The van der Waals surface area contributed by atoms with E-state index in [1.165, 1.54) is 31.4 Å². The lowest BCUT2D eigenvalue weighted by atomic mass is 10.1. The zero-order valence-corrected chi connectivity index (χ0v) is 10.3. The van der Waals surface area contributed by atoms with E-state index in [1.54, 1.807) is 0 Å². The average Bonchev–Trinajstić information content (AvgIpc) is 2.95. The summed E-state index contributed by atoms with van der Waals surface area (Å²) < 4.78 is 26.1. The SMILES string of the molecule is CCCC1CC1NC(C)c1cc(F)cc(F)c1. The molecule has 17 heavy (non-hydrogen) atoms. The third kappa shape index (κ3) is 3.25. The Kier molecular flexibility index (Phi) is 3.77. The van der Waals surface area contributed by atoms with Crippen LogP contribution in [-0.2, 0) is 0 Å². The Morgan fingerprint density at radius 1 is 1.29 bits per heavy atom. The van der Waals surface area contributed by atoms with Crippen molar-refractivity contribution in [1.82, 2.24) is 5.32 Å². The van der Waals surface area contributed by atoms with Gasteiger partial charge >= 0.3 is 0 Å². The highest BCUT2D eigenvalue weighted by molar-refractivity contribution is 5.21. The lowest BCUT2D eigenvalue weighted by Gasteiger charge is -2.14. The summed E-state index contributed by atoms with van der Waals surface area (Å²) in [6.07, 6.45) is 3.63. The molecule has 1 saturated carbocycles. The molecule has 3 heteroatoms. The fraction of sp³-hybridized carbons (Fsp3) is 0.571. The van der Waals surface area contributed by atoms with Crippen LogP contribution in [0.15, 0.2) is 18.2 Å². The van der Waals surface area contributed by atoms with Crippen LogP contribution < -0.4 is 5.32 Å². The molecular weight excluding hydrogens is 220 g/mol. The Morgan fingerprint density at radius 2 is 1.94 bits per heavy atom. The summed E-state index contributed by atoms with van der Waals surface area (Å²) in [7, 11) is 0. The van der Waals surface area contributed by atoms with Gasteiger partial charge in [0.25, 0.3) is 0 Å².